The van der Waals surface area contributed by atoms with Crippen molar-refractivity contribution in [2.45, 2.75) is 57.9 Å². The third-order valence-electron chi connectivity index (χ3n) is 6.12. The Bertz CT molecular complexity index is 819. The van der Waals surface area contributed by atoms with Crippen LogP contribution in [0, 0.1) is 0 Å². The minimum absolute atomic E-state index is 0.218. The molecule has 148 valence electrons. The van der Waals surface area contributed by atoms with Gasteiger partial charge in [0.05, 0.1) is 0 Å². The van der Waals surface area contributed by atoms with E-state index in [1.165, 1.54) is 22.3 Å². The molecule has 8 heteroatoms. The summed E-state index contributed by atoms with van der Waals surface area (Å²) in [5.41, 5.74) is 5.82. The molecule has 7 nitrogen and oxygen atoms in total. The zero-order valence-corrected chi connectivity index (χ0v) is 16.6. The van der Waals surface area contributed by atoms with E-state index in [4.69, 9.17) is 0 Å². The number of anilines is 1. The van der Waals surface area contributed by atoms with Gasteiger partial charge in [-0.25, -0.2) is 9.52 Å². The van der Waals surface area contributed by atoms with Crippen molar-refractivity contribution in [3.8, 4) is 0 Å². The van der Waals surface area contributed by atoms with Crippen LogP contribution in [0.15, 0.2) is 6.07 Å². The summed E-state index contributed by atoms with van der Waals surface area (Å²) < 4.78 is 29.1. The maximum atomic E-state index is 12.4. The molecule has 1 fully saturated rings. The molecule has 2 amide bonds. The standard InChI is InChI=1S/C19H28N4O3S/c1-2-23-10-9-15(23)12-20-27(25,26)22-19(24)21-18-16-7-3-5-13(16)11-14-6-4-8-17(14)18/h11,15,20H,2-10,12H2,1H3,(H2,21,22,24). The summed E-state index contributed by atoms with van der Waals surface area (Å²) >= 11 is 0. The average Bonchev–Trinajstić information content (AvgIpc) is 3.22. The molecular formula is C19H28N4O3S. The summed E-state index contributed by atoms with van der Waals surface area (Å²) in [6.45, 7) is 4.29. The number of fused-ring (bicyclic) bond motifs is 2. The fraction of sp³-hybridized carbons (Fsp3) is 0.632. The second-order valence-corrected chi connectivity index (χ2v) is 9.21. The van der Waals surface area contributed by atoms with Crippen LogP contribution < -0.4 is 14.8 Å². The van der Waals surface area contributed by atoms with Gasteiger partial charge in [-0.15, -0.1) is 0 Å². The van der Waals surface area contributed by atoms with Crippen molar-refractivity contribution in [1.82, 2.24) is 14.3 Å². The second kappa shape index (κ2) is 7.41. The molecule has 1 atom stereocenters. The predicted molar refractivity (Wildman–Crippen MR) is 105 cm³/mol. The highest BCUT2D eigenvalue weighted by Crippen LogP contribution is 2.38. The highest BCUT2D eigenvalue weighted by atomic mass is 32.2. The molecule has 2 aliphatic carbocycles. The van der Waals surface area contributed by atoms with E-state index in [0.717, 1.165) is 63.7 Å². The number of carbonyl (C=O) groups is 1. The molecule has 0 saturated carbocycles. The first-order valence-electron chi connectivity index (χ1n) is 9.96. The number of hydrogen-bond donors (Lipinski definition) is 3. The molecule has 1 aromatic carbocycles. The highest BCUT2D eigenvalue weighted by molar-refractivity contribution is 7.88. The molecule has 1 heterocycles. The predicted octanol–water partition coefficient (Wildman–Crippen LogP) is 1.71. The number of nitrogens with zero attached hydrogens (tertiary/aromatic N) is 1. The van der Waals surface area contributed by atoms with Gasteiger partial charge >= 0.3 is 16.2 Å². The number of nitrogens with one attached hydrogen (secondary N) is 3. The normalized spacial score (nSPS) is 21.4. The number of aryl methyl sites for hydroxylation is 2. The van der Waals surface area contributed by atoms with E-state index in [2.05, 4.69) is 32.7 Å². The van der Waals surface area contributed by atoms with Gasteiger partial charge in [-0.05, 0) is 73.7 Å². The van der Waals surface area contributed by atoms with E-state index in [1.807, 2.05) is 0 Å². The minimum atomic E-state index is -3.87. The van der Waals surface area contributed by atoms with Gasteiger partial charge in [0.1, 0.15) is 0 Å². The van der Waals surface area contributed by atoms with Crippen molar-refractivity contribution in [2.75, 3.05) is 25.0 Å². The SMILES string of the molecule is CCN1CCC1CNS(=O)(=O)NC(=O)Nc1c2c(cc3c1CCC3)CCC2. The smallest absolute Gasteiger partial charge is 0.307 e. The van der Waals surface area contributed by atoms with Crippen molar-refractivity contribution in [3.63, 3.8) is 0 Å². The number of hydrogen-bond acceptors (Lipinski definition) is 4. The summed E-state index contributed by atoms with van der Waals surface area (Å²) in [6, 6.07) is 1.82. The molecule has 0 bridgehead atoms. The van der Waals surface area contributed by atoms with Crippen molar-refractivity contribution >= 4 is 21.9 Å². The van der Waals surface area contributed by atoms with E-state index < -0.39 is 16.2 Å². The van der Waals surface area contributed by atoms with Gasteiger partial charge in [-0.3, -0.25) is 4.90 Å². The Morgan fingerprint density at radius 3 is 2.37 bits per heavy atom. The molecule has 3 N–H and O–H groups in total. The fourth-order valence-electron chi connectivity index (χ4n) is 4.61. The first-order chi connectivity index (χ1) is 13.0. The molecule has 0 aromatic heterocycles. The van der Waals surface area contributed by atoms with Crippen LogP contribution in [-0.4, -0.2) is 45.0 Å². The summed E-state index contributed by atoms with van der Waals surface area (Å²) in [6.07, 6.45) is 7.11. The number of benzene rings is 1. The maximum absolute atomic E-state index is 12.4. The maximum Gasteiger partial charge on any atom is 0.333 e. The summed E-state index contributed by atoms with van der Waals surface area (Å²) in [5.74, 6) is 0. The van der Waals surface area contributed by atoms with Crippen LogP contribution in [0.3, 0.4) is 0 Å². The zero-order chi connectivity index (χ0) is 19.0. The van der Waals surface area contributed by atoms with E-state index >= 15 is 0 Å². The van der Waals surface area contributed by atoms with Crippen LogP contribution in [-0.2, 0) is 35.9 Å². The number of rotatable bonds is 6. The zero-order valence-electron chi connectivity index (χ0n) is 15.8. The Morgan fingerprint density at radius 2 is 1.81 bits per heavy atom. The van der Waals surface area contributed by atoms with Gasteiger partial charge < -0.3 is 5.32 Å². The molecule has 1 aromatic rings. The van der Waals surface area contributed by atoms with Gasteiger partial charge in [0.15, 0.2) is 0 Å². The molecule has 1 saturated heterocycles. The van der Waals surface area contributed by atoms with Gasteiger partial charge in [0.25, 0.3) is 0 Å². The molecule has 1 aliphatic heterocycles. The van der Waals surface area contributed by atoms with Crippen LogP contribution in [0.25, 0.3) is 0 Å². The third-order valence-corrected chi connectivity index (χ3v) is 7.12. The van der Waals surface area contributed by atoms with Crippen LogP contribution in [0.4, 0.5) is 10.5 Å². The Balaban J connectivity index is 1.41. The van der Waals surface area contributed by atoms with Crippen molar-refractivity contribution < 1.29 is 13.2 Å². The summed E-state index contributed by atoms with van der Waals surface area (Å²) in [4.78, 5) is 14.6. The van der Waals surface area contributed by atoms with Gasteiger partial charge in [-0.1, -0.05) is 13.0 Å². The first kappa shape index (κ1) is 18.7. The Kier molecular flexibility index (Phi) is 5.13. The van der Waals surface area contributed by atoms with Crippen LogP contribution in [0.5, 0.6) is 0 Å². The average molecular weight is 393 g/mol. The molecule has 1 unspecified atom stereocenters. The van der Waals surface area contributed by atoms with E-state index in [-0.39, 0.29) is 6.04 Å². The van der Waals surface area contributed by atoms with Gasteiger partial charge in [-0.2, -0.15) is 13.1 Å². The van der Waals surface area contributed by atoms with Crippen molar-refractivity contribution in [3.05, 3.63) is 28.3 Å². The number of amides is 2. The summed E-state index contributed by atoms with van der Waals surface area (Å²) in [7, 11) is -3.87. The lowest BCUT2D eigenvalue weighted by Crippen LogP contribution is -2.54. The minimum Gasteiger partial charge on any atom is -0.307 e. The molecule has 3 aliphatic rings. The first-order valence-corrected chi connectivity index (χ1v) is 11.4. The largest absolute Gasteiger partial charge is 0.333 e. The number of likely N-dealkylation sites (tertiary alicyclic amines) is 1. The monoisotopic (exact) mass is 392 g/mol. The summed E-state index contributed by atoms with van der Waals surface area (Å²) in [5, 5.41) is 2.85. The molecule has 0 spiro atoms. The van der Waals surface area contributed by atoms with Gasteiger partial charge in [0, 0.05) is 24.8 Å². The third kappa shape index (κ3) is 3.83. The lowest BCUT2D eigenvalue weighted by atomic mass is 9.99. The highest BCUT2D eigenvalue weighted by Gasteiger charge is 2.29. The Morgan fingerprint density at radius 1 is 1.15 bits per heavy atom. The van der Waals surface area contributed by atoms with Crippen molar-refractivity contribution in [2.24, 2.45) is 0 Å². The Hall–Kier alpha value is -1.64. The fourth-order valence-corrected chi connectivity index (χ4v) is 5.39. The van der Waals surface area contributed by atoms with Crippen LogP contribution >= 0.6 is 0 Å². The molecule has 4 rings (SSSR count). The van der Waals surface area contributed by atoms with Crippen LogP contribution in [0.2, 0.25) is 0 Å². The molecule has 27 heavy (non-hydrogen) atoms. The van der Waals surface area contributed by atoms with E-state index in [1.54, 1.807) is 0 Å². The van der Waals surface area contributed by atoms with Crippen LogP contribution in [0.1, 0.15) is 48.4 Å². The van der Waals surface area contributed by atoms with E-state index in [9.17, 15) is 13.2 Å². The lowest BCUT2D eigenvalue weighted by Gasteiger charge is -2.40. The molecule has 0 radical (unpaired) electrons. The molecular weight excluding hydrogens is 364 g/mol. The Labute approximate surface area is 161 Å². The number of likely N-dealkylation sites (N-methyl/N-ethyl adjacent to an activating group) is 1. The topological polar surface area (TPSA) is 90.5 Å². The number of carbonyl (C=O) groups excluding carboxylic acids is 1. The van der Waals surface area contributed by atoms with Gasteiger partial charge in [0.2, 0.25) is 0 Å². The lowest BCUT2D eigenvalue weighted by molar-refractivity contribution is 0.101. The van der Waals surface area contributed by atoms with Crippen molar-refractivity contribution in [1.29, 1.82) is 0 Å². The number of urea groups is 1. The van der Waals surface area contributed by atoms with E-state index in [0.29, 0.717) is 6.54 Å². The second-order valence-electron chi connectivity index (χ2n) is 7.71. The quantitative estimate of drug-likeness (QED) is 0.687.